The van der Waals surface area contributed by atoms with E-state index in [1.165, 1.54) is 11.8 Å². The van der Waals surface area contributed by atoms with Crippen molar-refractivity contribution in [3.8, 4) is 28.6 Å². The van der Waals surface area contributed by atoms with E-state index in [2.05, 4.69) is 37.8 Å². The molecule has 1 amide bonds. The van der Waals surface area contributed by atoms with Crippen LogP contribution in [0.5, 0.6) is 17.4 Å². The van der Waals surface area contributed by atoms with Crippen molar-refractivity contribution in [3.05, 3.63) is 81.4 Å². The third-order valence-electron chi connectivity index (χ3n) is 6.11. The first kappa shape index (κ1) is 27.2. The summed E-state index contributed by atoms with van der Waals surface area (Å²) < 4.78 is 19.6. The Labute approximate surface area is 245 Å². The third-order valence-corrected chi connectivity index (χ3v) is 7.45. The minimum absolute atomic E-state index is 0.101. The minimum Gasteiger partial charge on any atom is -0.490 e. The largest absolute Gasteiger partial charge is 0.490 e. The number of thioether (sulfide) groups is 1. The summed E-state index contributed by atoms with van der Waals surface area (Å²) in [6.45, 7) is 4.61. The quantitative estimate of drug-likeness (QED) is 0.154. The van der Waals surface area contributed by atoms with Gasteiger partial charge in [-0.15, -0.1) is 10.2 Å². The highest BCUT2D eigenvalue weighted by Gasteiger charge is 2.36. The second-order valence-corrected chi connectivity index (χ2v) is 10.5. The molecule has 3 aromatic carbocycles. The van der Waals surface area contributed by atoms with Gasteiger partial charge in [-0.25, -0.2) is 0 Å². The van der Waals surface area contributed by atoms with Gasteiger partial charge in [-0.3, -0.25) is 9.69 Å². The number of nitrogens with zero attached hydrogens (tertiary/aromatic N) is 4. The van der Waals surface area contributed by atoms with Gasteiger partial charge in [0.25, 0.3) is 0 Å². The molecule has 0 saturated carbocycles. The number of carbonyl (C=O) groups is 1. The Balaban J connectivity index is 1.63. The summed E-state index contributed by atoms with van der Waals surface area (Å²) in [6.07, 6.45) is 1.35. The number of aromatic nitrogens is 3. The summed E-state index contributed by atoms with van der Waals surface area (Å²) in [7, 11) is 0. The number of para-hydroxylation sites is 1. The van der Waals surface area contributed by atoms with Gasteiger partial charge in [-0.05, 0) is 59.5 Å². The van der Waals surface area contributed by atoms with Crippen molar-refractivity contribution < 1.29 is 19.0 Å². The maximum Gasteiger partial charge on any atom is 0.247 e. The van der Waals surface area contributed by atoms with Gasteiger partial charge >= 0.3 is 0 Å². The second-order valence-electron chi connectivity index (χ2n) is 8.59. The zero-order valence-corrected chi connectivity index (χ0v) is 24.7. The fraction of sp³-hybridized carbons (Fsp3) is 0.241. The van der Waals surface area contributed by atoms with Gasteiger partial charge in [0.15, 0.2) is 17.2 Å². The molecule has 8 nitrogen and oxygen atoms in total. The molecule has 0 unspecified atom stereocenters. The molecule has 4 aromatic rings. The number of rotatable bonds is 8. The first-order valence-electron chi connectivity index (χ1n) is 12.5. The van der Waals surface area contributed by atoms with E-state index in [4.69, 9.17) is 14.2 Å². The lowest BCUT2D eigenvalue weighted by molar-refractivity contribution is -0.120. The number of halogens is 1. The van der Waals surface area contributed by atoms with E-state index < -0.39 is 6.23 Å². The van der Waals surface area contributed by atoms with E-state index in [1.807, 2.05) is 86.8 Å². The molecule has 10 heteroatoms. The van der Waals surface area contributed by atoms with Crippen LogP contribution in [0.15, 0.2) is 71.9 Å². The highest BCUT2D eigenvalue weighted by Crippen LogP contribution is 2.45. The van der Waals surface area contributed by atoms with E-state index in [-0.39, 0.29) is 12.3 Å². The molecule has 0 N–H and O–H groups in total. The van der Waals surface area contributed by atoms with Crippen LogP contribution in [0, 0.1) is 3.57 Å². The Kier molecular flexibility index (Phi) is 8.51. The molecule has 200 valence electrons. The van der Waals surface area contributed by atoms with Crippen molar-refractivity contribution in [2.75, 3.05) is 17.8 Å². The van der Waals surface area contributed by atoms with Crippen LogP contribution in [0.1, 0.15) is 37.6 Å². The molecule has 1 aliphatic rings. The average Bonchev–Trinajstić information content (AvgIpc) is 3.11. The highest BCUT2D eigenvalue weighted by molar-refractivity contribution is 14.1. The fourth-order valence-electron chi connectivity index (χ4n) is 4.32. The average molecular weight is 655 g/mol. The summed E-state index contributed by atoms with van der Waals surface area (Å²) in [5.41, 5.74) is 3.67. The monoisotopic (exact) mass is 654 g/mol. The minimum atomic E-state index is -0.817. The smallest absolute Gasteiger partial charge is 0.247 e. The van der Waals surface area contributed by atoms with E-state index in [0.29, 0.717) is 47.1 Å². The lowest BCUT2D eigenvalue weighted by Gasteiger charge is -2.31. The fourth-order valence-corrected chi connectivity index (χ4v) is 5.40. The van der Waals surface area contributed by atoms with Crippen molar-refractivity contribution in [3.63, 3.8) is 0 Å². The molecular formula is C29H27IN4O4S. The Bertz CT molecular complexity index is 1490. The summed E-state index contributed by atoms with van der Waals surface area (Å²) in [5, 5.41) is 9.14. The number of fused-ring (bicyclic) bond motifs is 3. The van der Waals surface area contributed by atoms with Crippen molar-refractivity contribution in [1.29, 1.82) is 0 Å². The number of ether oxygens (including phenoxy) is 3. The van der Waals surface area contributed by atoms with E-state index >= 15 is 0 Å². The first-order valence-corrected chi connectivity index (χ1v) is 14.8. The Morgan fingerprint density at radius 3 is 2.56 bits per heavy atom. The summed E-state index contributed by atoms with van der Waals surface area (Å²) >= 11 is 3.61. The van der Waals surface area contributed by atoms with Crippen LogP contribution in [0.25, 0.3) is 11.3 Å². The number of amides is 1. The van der Waals surface area contributed by atoms with Gasteiger partial charge in [0.2, 0.25) is 23.2 Å². The van der Waals surface area contributed by atoms with Crippen LogP contribution in [-0.4, -0.2) is 34.0 Å². The number of hydrogen-bond donors (Lipinski definition) is 0. The number of benzene rings is 3. The summed E-state index contributed by atoms with van der Waals surface area (Å²) in [5.74, 6) is 1.43. The Morgan fingerprint density at radius 2 is 1.82 bits per heavy atom. The molecule has 0 spiro atoms. The van der Waals surface area contributed by atoms with Gasteiger partial charge in [-0.1, -0.05) is 67.2 Å². The molecule has 39 heavy (non-hydrogen) atoms. The zero-order chi connectivity index (χ0) is 27.4. The van der Waals surface area contributed by atoms with E-state index in [9.17, 15) is 4.79 Å². The summed E-state index contributed by atoms with van der Waals surface area (Å²) in [6, 6.07) is 21.4. The molecule has 1 aromatic heterocycles. The van der Waals surface area contributed by atoms with E-state index in [1.54, 1.807) is 4.90 Å². The molecule has 1 aliphatic heterocycles. The van der Waals surface area contributed by atoms with Crippen LogP contribution < -0.4 is 19.1 Å². The molecule has 0 saturated heterocycles. The number of hydrogen-bond acceptors (Lipinski definition) is 8. The molecule has 0 bridgehead atoms. The van der Waals surface area contributed by atoms with E-state index in [0.717, 1.165) is 20.3 Å². The van der Waals surface area contributed by atoms with Crippen molar-refractivity contribution in [2.45, 2.75) is 38.3 Å². The van der Waals surface area contributed by atoms with Gasteiger partial charge in [0.05, 0.1) is 15.9 Å². The highest BCUT2D eigenvalue weighted by atomic mass is 127. The molecule has 0 aliphatic carbocycles. The molecule has 0 fully saturated rings. The maximum atomic E-state index is 13.5. The topological polar surface area (TPSA) is 86.7 Å². The zero-order valence-electron chi connectivity index (χ0n) is 21.8. The van der Waals surface area contributed by atoms with Crippen molar-refractivity contribution >= 4 is 45.9 Å². The lowest BCUT2D eigenvalue weighted by atomic mass is 10.1. The number of carbonyl (C=O) groups excluding carboxylic acids is 1. The lowest BCUT2D eigenvalue weighted by Crippen LogP contribution is -2.37. The Morgan fingerprint density at radius 1 is 1.05 bits per heavy atom. The molecule has 1 atom stereocenters. The van der Waals surface area contributed by atoms with Gasteiger partial charge in [0, 0.05) is 17.5 Å². The third kappa shape index (κ3) is 5.67. The van der Waals surface area contributed by atoms with Crippen molar-refractivity contribution in [2.24, 2.45) is 0 Å². The first-order chi connectivity index (χ1) is 19.0. The van der Waals surface area contributed by atoms with Gasteiger partial charge in [-0.2, -0.15) is 4.98 Å². The predicted molar refractivity (Wildman–Crippen MR) is 159 cm³/mol. The van der Waals surface area contributed by atoms with Crippen molar-refractivity contribution in [1.82, 2.24) is 15.2 Å². The van der Waals surface area contributed by atoms with Gasteiger partial charge < -0.3 is 14.2 Å². The predicted octanol–water partition coefficient (Wildman–Crippen LogP) is 6.68. The van der Waals surface area contributed by atoms with Crippen LogP contribution in [0.3, 0.4) is 0 Å². The summed E-state index contributed by atoms with van der Waals surface area (Å²) in [4.78, 5) is 19.8. The molecular weight excluding hydrogens is 627 g/mol. The molecule has 5 rings (SSSR count). The second kappa shape index (κ2) is 12.2. The normalized spacial score (nSPS) is 14.1. The maximum absolute atomic E-state index is 13.5. The van der Waals surface area contributed by atoms with Gasteiger partial charge in [0.1, 0.15) is 6.61 Å². The van der Waals surface area contributed by atoms with Crippen LogP contribution in [-0.2, 0) is 11.4 Å². The standard InChI is InChI=1S/C29H27IN4O4S/c1-4-24(35)34-22-14-10-9-13-20(22)25-27(31-29(39-3)33-32-25)38-28(34)19-15-21(30)26(23(16-19)36-5-2)37-17-18-11-7-6-8-12-18/h6-16,28H,4-5,17H2,1-3H3/t28-/m1/s1. The molecule has 0 radical (unpaired) electrons. The molecule has 2 heterocycles. The van der Waals surface area contributed by atoms with Crippen LogP contribution >= 0.6 is 34.4 Å². The number of anilines is 1. The SMILES string of the molecule is CCOc1cc([C@H]2Oc3nc(SC)nnc3-c3ccccc3N2C(=O)CC)cc(I)c1OCc1ccccc1. The van der Waals surface area contributed by atoms with Crippen LogP contribution in [0.2, 0.25) is 0 Å². The Hall–Kier alpha value is -3.38. The van der Waals surface area contributed by atoms with Crippen LogP contribution in [0.4, 0.5) is 5.69 Å².